The zero-order valence-corrected chi connectivity index (χ0v) is 16.7. The molecule has 146 valence electrons. The molecular formula is C17H16Cl2F2N2O3S. The van der Waals surface area contributed by atoms with Crippen LogP contribution >= 0.6 is 23.2 Å². The normalized spacial score (nSPS) is 12.5. The fraction of sp³-hybridized carbons (Fsp3) is 0.235. The van der Waals surface area contributed by atoms with Crippen LogP contribution in [0.2, 0.25) is 10.0 Å². The molecule has 2 aromatic rings. The van der Waals surface area contributed by atoms with Gasteiger partial charge in [-0.05, 0) is 36.8 Å². The van der Waals surface area contributed by atoms with E-state index in [4.69, 9.17) is 23.2 Å². The summed E-state index contributed by atoms with van der Waals surface area (Å²) in [5, 5.41) is 3.35. The Balaban J connectivity index is 2.23. The number of sulfonamides is 1. The number of anilines is 1. The molecule has 0 radical (unpaired) electrons. The molecule has 10 heteroatoms. The van der Waals surface area contributed by atoms with Gasteiger partial charge >= 0.3 is 0 Å². The minimum absolute atomic E-state index is 0.0363. The van der Waals surface area contributed by atoms with Gasteiger partial charge in [0, 0.05) is 22.7 Å². The summed E-state index contributed by atoms with van der Waals surface area (Å²) in [5.41, 5.74) is 0.420. The summed E-state index contributed by atoms with van der Waals surface area (Å²) in [6.45, 7) is 1.37. The summed E-state index contributed by atoms with van der Waals surface area (Å²) >= 11 is 11.8. The molecule has 0 saturated heterocycles. The fourth-order valence-corrected chi connectivity index (χ4v) is 4.07. The van der Waals surface area contributed by atoms with Crippen LogP contribution in [0.1, 0.15) is 12.5 Å². The van der Waals surface area contributed by atoms with Gasteiger partial charge in [-0.15, -0.1) is 0 Å². The molecule has 0 aliphatic carbocycles. The third-order valence-electron chi connectivity index (χ3n) is 3.71. The third kappa shape index (κ3) is 5.31. The molecule has 0 heterocycles. The highest BCUT2D eigenvalue weighted by Crippen LogP contribution is 2.24. The average molecular weight is 437 g/mol. The summed E-state index contributed by atoms with van der Waals surface area (Å²) in [6.07, 6.45) is 0.869. The van der Waals surface area contributed by atoms with E-state index in [1.54, 1.807) is 12.1 Å². The van der Waals surface area contributed by atoms with Crippen molar-refractivity contribution in [1.82, 2.24) is 5.32 Å². The summed E-state index contributed by atoms with van der Waals surface area (Å²) in [5.74, 6) is -2.99. The highest BCUT2D eigenvalue weighted by molar-refractivity contribution is 7.92. The van der Waals surface area contributed by atoms with E-state index in [0.717, 1.165) is 24.5 Å². The van der Waals surface area contributed by atoms with Gasteiger partial charge in [-0.2, -0.15) is 0 Å². The molecule has 0 spiro atoms. The Morgan fingerprint density at radius 3 is 2.37 bits per heavy atom. The maximum atomic E-state index is 13.5. The predicted octanol–water partition coefficient (Wildman–Crippen LogP) is 3.74. The summed E-state index contributed by atoms with van der Waals surface area (Å²) in [4.78, 5) is 12.5. The monoisotopic (exact) mass is 436 g/mol. The van der Waals surface area contributed by atoms with E-state index in [1.807, 2.05) is 0 Å². The number of benzene rings is 2. The first-order chi connectivity index (χ1) is 12.5. The van der Waals surface area contributed by atoms with Gasteiger partial charge in [0.05, 0.1) is 11.9 Å². The average Bonchev–Trinajstić information content (AvgIpc) is 2.56. The Bertz CT molecular complexity index is 971. The number of carbonyl (C=O) groups is 1. The number of rotatable bonds is 6. The van der Waals surface area contributed by atoms with Crippen molar-refractivity contribution in [3.05, 3.63) is 63.6 Å². The number of carbonyl (C=O) groups excluding carboxylic acids is 1. The zero-order chi connectivity index (χ0) is 20.4. The molecule has 2 rings (SSSR count). The minimum atomic E-state index is -3.95. The van der Waals surface area contributed by atoms with Crippen LogP contribution < -0.4 is 9.62 Å². The number of nitrogens with one attached hydrogen (secondary N) is 1. The minimum Gasteiger partial charge on any atom is -0.350 e. The zero-order valence-electron chi connectivity index (χ0n) is 14.3. The number of hydrogen-bond donors (Lipinski definition) is 1. The van der Waals surface area contributed by atoms with Gasteiger partial charge in [0.1, 0.15) is 6.04 Å². The van der Waals surface area contributed by atoms with Crippen LogP contribution in [0.15, 0.2) is 36.4 Å². The molecule has 5 nitrogen and oxygen atoms in total. The Labute approximate surface area is 165 Å². The smallest absolute Gasteiger partial charge is 0.243 e. The van der Waals surface area contributed by atoms with Crippen molar-refractivity contribution in [2.75, 3.05) is 10.6 Å². The Kier molecular flexibility index (Phi) is 6.67. The van der Waals surface area contributed by atoms with Crippen molar-refractivity contribution in [3.63, 3.8) is 0 Å². The molecule has 2 aromatic carbocycles. The largest absolute Gasteiger partial charge is 0.350 e. The van der Waals surface area contributed by atoms with Crippen molar-refractivity contribution >= 4 is 44.8 Å². The van der Waals surface area contributed by atoms with Crippen molar-refractivity contribution in [2.24, 2.45) is 0 Å². The van der Waals surface area contributed by atoms with Gasteiger partial charge in [-0.1, -0.05) is 29.3 Å². The maximum Gasteiger partial charge on any atom is 0.243 e. The lowest BCUT2D eigenvalue weighted by molar-refractivity contribution is -0.122. The first-order valence-corrected chi connectivity index (χ1v) is 10.3. The van der Waals surface area contributed by atoms with Crippen molar-refractivity contribution in [3.8, 4) is 0 Å². The second-order valence-electron chi connectivity index (χ2n) is 5.79. The summed E-state index contributed by atoms with van der Waals surface area (Å²) in [6, 6.07) is 6.12. The van der Waals surface area contributed by atoms with E-state index in [9.17, 15) is 22.0 Å². The highest BCUT2D eigenvalue weighted by atomic mass is 35.5. The van der Waals surface area contributed by atoms with Crippen LogP contribution in [0.3, 0.4) is 0 Å². The third-order valence-corrected chi connectivity index (χ3v) is 5.54. The van der Waals surface area contributed by atoms with E-state index < -0.39 is 33.6 Å². The van der Waals surface area contributed by atoms with Crippen LogP contribution in [0.5, 0.6) is 0 Å². The van der Waals surface area contributed by atoms with Crippen molar-refractivity contribution < 1.29 is 22.0 Å². The topological polar surface area (TPSA) is 66.5 Å². The Hall–Kier alpha value is -1.90. The van der Waals surface area contributed by atoms with E-state index in [-0.39, 0.29) is 12.2 Å². The van der Waals surface area contributed by atoms with Crippen molar-refractivity contribution in [1.29, 1.82) is 0 Å². The van der Waals surface area contributed by atoms with Gasteiger partial charge in [0.2, 0.25) is 15.9 Å². The van der Waals surface area contributed by atoms with Crippen LogP contribution in [-0.4, -0.2) is 26.6 Å². The van der Waals surface area contributed by atoms with Crippen LogP contribution in [0.4, 0.5) is 14.5 Å². The fourth-order valence-electron chi connectivity index (χ4n) is 2.43. The lowest BCUT2D eigenvalue weighted by atomic mass is 10.2. The Morgan fingerprint density at radius 1 is 1.15 bits per heavy atom. The highest BCUT2D eigenvalue weighted by Gasteiger charge is 2.29. The van der Waals surface area contributed by atoms with Gasteiger partial charge < -0.3 is 5.32 Å². The van der Waals surface area contributed by atoms with Crippen LogP contribution in [0, 0.1) is 11.6 Å². The second-order valence-corrected chi connectivity index (χ2v) is 8.49. The molecule has 0 saturated carbocycles. The van der Waals surface area contributed by atoms with E-state index in [1.165, 1.54) is 13.0 Å². The van der Waals surface area contributed by atoms with Gasteiger partial charge in [0.15, 0.2) is 11.6 Å². The SMILES string of the molecule is C[C@@H](C(=O)NCc1ccc(Cl)cc1Cl)N(c1ccc(F)c(F)c1)S(C)(=O)=O. The first-order valence-electron chi connectivity index (χ1n) is 7.67. The lowest BCUT2D eigenvalue weighted by Crippen LogP contribution is -2.47. The van der Waals surface area contributed by atoms with Crippen molar-refractivity contribution in [2.45, 2.75) is 19.5 Å². The quantitative estimate of drug-likeness (QED) is 0.749. The predicted molar refractivity (Wildman–Crippen MR) is 101 cm³/mol. The molecule has 27 heavy (non-hydrogen) atoms. The molecule has 0 bridgehead atoms. The van der Waals surface area contributed by atoms with Gasteiger partial charge in [-0.3, -0.25) is 9.10 Å². The molecule has 1 atom stereocenters. The molecule has 0 unspecified atom stereocenters. The van der Waals surface area contributed by atoms with Gasteiger partial charge in [-0.25, -0.2) is 17.2 Å². The van der Waals surface area contributed by atoms with Crippen LogP contribution in [0.25, 0.3) is 0 Å². The molecule has 0 aromatic heterocycles. The number of nitrogens with zero attached hydrogens (tertiary/aromatic N) is 1. The summed E-state index contributed by atoms with van der Waals surface area (Å²) < 4.78 is 51.6. The number of hydrogen-bond acceptors (Lipinski definition) is 3. The molecule has 1 amide bonds. The first kappa shape index (κ1) is 21.4. The molecular weight excluding hydrogens is 421 g/mol. The Morgan fingerprint density at radius 2 is 1.81 bits per heavy atom. The number of halogens is 4. The second kappa shape index (κ2) is 8.41. The van der Waals surface area contributed by atoms with E-state index in [0.29, 0.717) is 19.9 Å². The standard InChI is InChI=1S/C17H16Cl2F2N2O3S/c1-10(17(24)22-9-11-3-4-12(18)7-14(11)19)23(27(2,25)26)13-5-6-15(20)16(21)8-13/h3-8,10H,9H2,1-2H3,(H,22,24)/t10-/m0/s1. The van der Waals surface area contributed by atoms with Crippen LogP contribution in [-0.2, 0) is 21.4 Å². The van der Waals surface area contributed by atoms with E-state index in [2.05, 4.69) is 5.32 Å². The molecule has 1 N–H and O–H groups in total. The maximum absolute atomic E-state index is 13.5. The summed E-state index contributed by atoms with van der Waals surface area (Å²) in [7, 11) is -3.95. The van der Waals surface area contributed by atoms with Gasteiger partial charge in [0.25, 0.3) is 0 Å². The molecule has 0 fully saturated rings. The number of amides is 1. The molecule has 0 aliphatic rings. The van der Waals surface area contributed by atoms with E-state index >= 15 is 0 Å². The molecule has 0 aliphatic heterocycles. The lowest BCUT2D eigenvalue weighted by Gasteiger charge is -2.28.